The Hall–Kier alpha value is -1.96. The number of carbonyl (C=O) groups excluding carboxylic acids is 1. The minimum absolute atomic E-state index is 0.0404. The predicted octanol–water partition coefficient (Wildman–Crippen LogP) is 2.87. The number of para-hydroxylation sites is 2. The first-order valence-electron chi connectivity index (χ1n) is 6.52. The average Bonchev–Trinajstić information content (AvgIpc) is 2.91. The molecule has 0 bridgehead atoms. The summed E-state index contributed by atoms with van der Waals surface area (Å²) in [4.78, 5) is 12.2. The molecule has 0 radical (unpaired) electrons. The van der Waals surface area contributed by atoms with Crippen molar-refractivity contribution in [1.29, 1.82) is 0 Å². The van der Waals surface area contributed by atoms with E-state index in [0.29, 0.717) is 6.54 Å². The molecule has 0 saturated carbocycles. The minimum Gasteiger partial charge on any atom is -0.325 e. The van der Waals surface area contributed by atoms with Crippen molar-refractivity contribution < 1.29 is 4.79 Å². The van der Waals surface area contributed by atoms with Gasteiger partial charge in [0.25, 0.3) is 0 Å². The molecule has 3 rings (SSSR count). The van der Waals surface area contributed by atoms with Crippen molar-refractivity contribution in [2.45, 2.75) is 10.5 Å². The normalized spacial score (nSPS) is 12.2. The Morgan fingerprint density at radius 3 is 2.67 bits per heavy atom. The molecule has 21 heavy (non-hydrogen) atoms. The zero-order valence-electron chi connectivity index (χ0n) is 11.1. The summed E-state index contributed by atoms with van der Waals surface area (Å²) in [6.07, 6.45) is 0. The highest BCUT2D eigenvalue weighted by atomic mass is 127. The Labute approximate surface area is 135 Å². The third kappa shape index (κ3) is 3.21. The molecule has 1 atom stereocenters. The van der Waals surface area contributed by atoms with Crippen molar-refractivity contribution in [2.24, 2.45) is 0 Å². The van der Waals surface area contributed by atoms with Gasteiger partial charge in [-0.25, -0.2) is 4.68 Å². The first kappa shape index (κ1) is 14.0. The molecule has 5 nitrogen and oxygen atoms in total. The van der Waals surface area contributed by atoms with Crippen molar-refractivity contribution in [3.05, 3.63) is 54.6 Å². The molecule has 0 aliphatic carbocycles. The second-order valence-corrected chi connectivity index (χ2v) is 6.09. The molecule has 0 fully saturated rings. The van der Waals surface area contributed by atoms with Crippen molar-refractivity contribution >= 4 is 45.2 Å². The van der Waals surface area contributed by atoms with Crippen molar-refractivity contribution in [3.8, 4) is 0 Å². The molecule has 1 heterocycles. The standard InChI is InChI=1S/C15H13IN4O/c16-12(15(21)17-11-6-2-1-3-7-11)10-20-14-9-5-4-8-13(14)18-19-20/h1-9,12H,10H2,(H,17,21)/t12-/m0/s1. The van der Waals surface area contributed by atoms with E-state index in [0.717, 1.165) is 16.7 Å². The van der Waals surface area contributed by atoms with Gasteiger partial charge >= 0.3 is 0 Å². The Morgan fingerprint density at radius 2 is 1.86 bits per heavy atom. The van der Waals surface area contributed by atoms with Crippen molar-refractivity contribution in [3.63, 3.8) is 0 Å². The molecule has 106 valence electrons. The highest BCUT2D eigenvalue weighted by Crippen LogP contribution is 2.14. The Balaban J connectivity index is 1.71. The van der Waals surface area contributed by atoms with Crippen LogP contribution in [0.3, 0.4) is 0 Å². The van der Waals surface area contributed by atoms with Crippen LogP contribution in [-0.2, 0) is 11.3 Å². The van der Waals surface area contributed by atoms with E-state index in [2.05, 4.69) is 38.2 Å². The number of aromatic nitrogens is 3. The van der Waals surface area contributed by atoms with Gasteiger partial charge in [0.1, 0.15) is 9.44 Å². The third-order valence-electron chi connectivity index (χ3n) is 3.08. The maximum absolute atomic E-state index is 12.2. The summed E-state index contributed by atoms with van der Waals surface area (Å²) < 4.78 is 1.53. The van der Waals surface area contributed by atoms with Crippen LogP contribution in [0, 0.1) is 0 Å². The van der Waals surface area contributed by atoms with Crippen LogP contribution in [0.4, 0.5) is 5.69 Å². The molecule has 0 spiro atoms. The highest BCUT2D eigenvalue weighted by molar-refractivity contribution is 14.1. The van der Waals surface area contributed by atoms with E-state index >= 15 is 0 Å². The number of fused-ring (bicyclic) bond motifs is 1. The van der Waals surface area contributed by atoms with Gasteiger partial charge in [-0.2, -0.15) is 0 Å². The van der Waals surface area contributed by atoms with E-state index in [1.165, 1.54) is 0 Å². The lowest BCUT2D eigenvalue weighted by Gasteiger charge is -2.11. The fourth-order valence-electron chi connectivity index (χ4n) is 2.03. The van der Waals surface area contributed by atoms with E-state index in [1.807, 2.05) is 54.6 Å². The molecule has 0 aliphatic rings. The van der Waals surface area contributed by atoms with Crippen LogP contribution in [0.1, 0.15) is 0 Å². The summed E-state index contributed by atoms with van der Waals surface area (Å²) in [5, 5.41) is 11.1. The lowest BCUT2D eigenvalue weighted by molar-refractivity contribution is -0.115. The summed E-state index contributed by atoms with van der Waals surface area (Å²) >= 11 is 2.13. The molecule has 0 saturated heterocycles. The number of carbonyl (C=O) groups is 1. The lowest BCUT2D eigenvalue weighted by atomic mass is 10.3. The van der Waals surface area contributed by atoms with Gasteiger partial charge in [-0.3, -0.25) is 4.79 Å². The van der Waals surface area contributed by atoms with Crippen LogP contribution in [-0.4, -0.2) is 24.8 Å². The number of benzene rings is 2. The molecule has 0 aliphatic heterocycles. The van der Waals surface area contributed by atoms with Crippen LogP contribution < -0.4 is 5.32 Å². The fourth-order valence-corrected chi connectivity index (χ4v) is 2.56. The smallest absolute Gasteiger partial charge is 0.239 e. The molecule has 1 N–H and O–H groups in total. The number of anilines is 1. The van der Waals surface area contributed by atoms with E-state index < -0.39 is 0 Å². The monoisotopic (exact) mass is 392 g/mol. The van der Waals surface area contributed by atoms with Crippen LogP contribution in [0.5, 0.6) is 0 Å². The van der Waals surface area contributed by atoms with Gasteiger partial charge in [0.15, 0.2) is 0 Å². The number of hydrogen-bond donors (Lipinski definition) is 1. The second-order valence-electron chi connectivity index (χ2n) is 4.58. The average molecular weight is 392 g/mol. The number of alkyl halides is 1. The van der Waals surface area contributed by atoms with Gasteiger partial charge in [0, 0.05) is 5.69 Å². The third-order valence-corrected chi connectivity index (χ3v) is 4.04. The van der Waals surface area contributed by atoms with Crippen molar-refractivity contribution in [2.75, 3.05) is 5.32 Å². The first-order valence-corrected chi connectivity index (χ1v) is 7.77. The quantitative estimate of drug-likeness (QED) is 0.549. The topological polar surface area (TPSA) is 59.8 Å². The number of nitrogens with one attached hydrogen (secondary N) is 1. The second kappa shape index (κ2) is 6.21. The van der Waals surface area contributed by atoms with E-state index in [1.54, 1.807) is 4.68 Å². The molecule has 6 heteroatoms. The largest absolute Gasteiger partial charge is 0.325 e. The zero-order chi connectivity index (χ0) is 14.7. The lowest BCUT2D eigenvalue weighted by Crippen LogP contribution is -2.27. The van der Waals surface area contributed by atoms with Gasteiger partial charge in [-0.15, -0.1) is 5.10 Å². The van der Waals surface area contributed by atoms with Crippen LogP contribution in [0.2, 0.25) is 0 Å². The molecule has 0 unspecified atom stereocenters. The first-order chi connectivity index (χ1) is 10.2. The van der Waals surface area contributed by atoms with E-state index in [9.17, 15) is 4.79 Å². The summed E-state index contributed by atoms with van der Waals surface area (Å²) in [7, 11) is 0. The van der Waals surface area contributed by atoms with Gasteiger partial charge in [0.2, 0.25) is 5.91 Å². The predicted molar refractivity (Wildman–Crippen MR) is 90.4 cm³/mol. The van der Waals surface area contributed by atoms with E-state index in [4.69, 9.17) is 0 Å². The molecular formula is C15H13IN4O. The number of halogens is 1. The number of nitrogens with zero attached hydrogens (tertiary/aromatic N) is 3. The molecule has 1 aromatic heterocycles. The summed E-state index contributed by atoms with van der Waals surface area (Å²) in [6.45, 7) is 0.486. The maximum atomic E-state index is 12.2. The Bertz CT molecular complexity index is 756. The SMILES string of the molecule is O=C(Nc1ccccc1)[C@@H](I)Cn1nnc2ccccc21. The minimum atomic E-state index is -0.229. The highest BCUT2D eigenvalue weighted by Gasteiger charge is 2.17. The summed E-state index contributed by atoms with van der Waals surface area (Å²) in [6, 6.07) is 17.2. The zero-order valence-corrected chi connectivity index (χ0v) is 13.3. The van der Waals surface area contributed by atoms with Crippen LogP contribution in [0.25, 0.3) is 11.0 Å². The molecule has 2 aromatic carbocycles. The van der Waals surface area contributed by atoms with E-state index in [-0.39, 0.29) is 9.83 Å². The fraction of sp³-hybridized carbons (Fsp3) is 0.133. The number of rotatable bonds is 4. The number of hydrogen-bond acceptors (Lipinski definition) is 3. The maximum Gasteiger partial charge on any atom is 0.239 e. The Kier molecular flexibility index (Phi) is 4.14. The van der Waals surface area contributed by atoms with Gasteiger partial charge in [-0.05, 0) is 24.3 Å². The molecular weight excluding hydrogens is 379 g/mol. The van der Waals surface area contributed by atoms with Crippen molar-refractivity contribution in [1.82, 2.24) is 15.0 Å². The van der Waals surface area contributed by atoms with Gasteiger partial charge in [-0.1, -0.05) is 58.1 Å². The van der Waals surface area contributed by atoms with Gasteiger partial charge in [0.05, 0.1) is 12.1 Å². The van der Waals surface area contributed by atoms with Gasteiger partial charge < -0.3 is 5.32 Å². The Morgan fingerprint density at radius 1 is 1.14 bits per heavy atom. The number of amides is 1. The summed E-state index contributed by atoms with van der Waals surface area (Å²) in [5.41, 5.74) is 2.57. The van der Waals surface area contributed by atoms with Crippen LogP contribution >= 0.6 is 22.6 Å². The summed E-state index contributed by atoms with van der Waals surface area (Å²) in [5.74, 6) is -0.0404. The van der Waals surface area contributed by atoms with Crippen LogP contribution in [0.15, 0.2) is 54.6 Å². The molecule has 3 aromatic rings. The molecule has 1 amide bonds.